The lowest BCUT2D eigenvalue weighted by Gasteiger charge is -2.33. The Hall–Kier alpha value is -3.31. The maximum Gasteiger partial charge on any atom is 0.359 e. The molecular weight excluding hydrogens is 480 g/mol. The summed E-state index contributed by atoms with van der Waals surface area (Å²) in [6.45, 7) is 5.00. The van der Waals surface area contributed by atoms with Gasteiger partial charge in [0.05, 0.1) is 47.1 Å². The topological polar surface area (TPSA) is 105 Å². The molecule has 3 heterocycles. The van der Waals surface area contributed by atoms with Gasteiger partial charge in [0, 0.05) is 43.1 Å². The zero-order valence-electron chi connectivity index (χ0n) is 21.8. The Kier molecular flexibility index (Phi) is 9.24. The first kappa shape index (κ1) is 26.7. The van der Waals surface area contributed by atoms with E-state index in [0.29, 0.717) is 50.0 Å². The highest BCUT2D eigenvalue weighted by Gasteiger charge is 2.29. The van der Waals surface area contributed by atoms with Crippen LogP contribution in [-0.2, 0) is 27.3 Å². The van der Waals surface area contributed by atoms with Gasteiger partial charge in [0.15, 0.2) is 5.69 Å². The predicted molar refractivity (Wildman–Crippen MR) is 134 cm³/mol. The van der Waals surface area contributed by atoms with Crippen LogP contribution in [0.1, 0.15) is 54.0 Å². The van der Waals surface area contributed by atoms with Gasteiger partial charge in [0.1, 0.15) is 17.7 Å². The molecule has 11 heteroatoms. The third-order valence-electron chi connectivity index (χ3n) is 6.50. The molecular formula is C26H36N4O7. The molecule has 0 spiro atoms. The Bertz CT molecular complexity index is 1060. The zero-order valence-corrected chi connectivity index (χ0v) is 21.8. The number of amides is 2. The van der Waals surface area contributed by atoms with Crippen molar-refractivity contribution in [3.63, 3.8) is 0 Å². The first-order chi connectivity index (χ1) is 18.0. The highest BCUT2D eigenvalue weighted by Crippen LogP contribution is 2.28. The van der Waals surface area contributed by atoms with Crippen LogP contribution in [0, 0.1) is 0 Å². The van der Waals surface area contributed by atoms with Gasteiger partial charge < -0.3 is 33.5 Å². The van der Waals surface area contributed by atoms with Gasteiger partial charge in [-0.2, -0.15) is 5.10 Å². The van der Waals surface area contributed by atoms with Crippen LogP contribution in [0.5, 0.6) is 11.5 Å². The molecule has 0 radical (unpaired) electrons. The first-order valence-corrected chi connectivity index (χ1v) is 12.7. The molecule has 1 atom stereocenters. The molecule has 1 unspecified atom stereocenters. The summed E-state index contributed by atoms with van der Waals surface area (Å²) in [5, 5.41) is 4.55. The molecule has 2 aliphatic heterocycles. The second-order valence-corrected chi connectivity index (χ2v) is 8.94. The molecule has 37 heavy (non-hydrogen) atoms. The van der Waals surface area contributed by atoms with Crippen LogP contribution in [0.3, 0.4) is 0 Å². The van der Waals surface area contributed by atoms with E-state index < -0.39 is 5.97 Å². The molecule has 2 amide bonds. The minimum absolute atomic E-state index is 0.155. The first-order valence-electron chi connectivity index (χ1n) is 12.7. The fourth-order valence-electron chi connectivity index (χ4n) is 4.54. The summed E-state index contributed by atoms with van der Waals surface area (Å²) in [5.41, 5.74) is 1.60. The largest absolute Gasteiger partial charge is 0.497 e. The number of nitrogens with zero attached hydrogens (tertiary/aromatic N) is 4. The van der Waals surface area contributed by atoms with Crippen LogP contribution in [0.25, 0.3) is 0 Å². The van der Waals surface area contributed by atoms with Crippen LogP contribution in [0.2, 0.25) is 0 Å². The molecule has 2 aliphatic rings. The number of rotatable bonds is 9. The lowest BCUT2D eigenvalue weighted by atomic mass is 10.1. The van der Waals surface area contributed by atoms with E-state index in [0.717, 1.165) is 24.8 Å². The van der Waals surface area contributed by atoms with Crippen molar-refractivity contribution >= 4 is 12.0 Å². The van der Waals surface area contributed by atoms with Crippen molar-refractivity contribution in [1.82, 2.24) is 19.6 Å². The van der Waals surface area contributed by atoms with Crippen LogP contribution >= 0.6 is 0 Å². The normalized spacial score (nSPS) is 17.8. The fourth-order valence-corrected chi connectivity index (χ4v) is 4.54. The van der Waals surface area contributed by atoms with E-state index >= 15 is 0 Å². The van der Waals surface area contributed by atoms with Gasteiger partial charge in [-0.1, -0.05) is 0 Å². The van der Waals surface area contributed by atoms with Gasteiger partial charge in [-0.3, -0.25) is 0 Å². The number of morpholine rings is 1. The molecule has 0 saturated carbocycles. The molecule has 0 aliphatic carbocycles. The molecule has 1 aromatic heterocycles. The van der Waals surface area contributed by atoms with Gasteiger partial charge >= 0.3 is 12.0 Å². The Morgan fingerprint density at radius 1 is 1.08 bits per heavy atom. The SMILES string of the molecule is CCOC(=O)c1nn(C2CCCCO2)cc1CN(Cc1ccc(OC)cc1OC)C(=O)N1CCOCC1. The van der Waals surface area contributed by atoms with Gasteiger partial charge in [-0.15, -0.1) is 0 Å². The van der Waals surface area contributed by atoms with Crippen molar-refractivity contribution in [3.05, 3.63) is 41.2 Å². The van der Waals surface area contributed by atoms with E-state index in [2.05, 4.69) is 5.10 Å². The van der Waals surface area contributed by atoms with Crippen molar-refractivity contribution in [2.45, 2.75) is 45.5 Å². The van der Waals surface area contributed by atoms with Crippen LogP contribution < -0.4 is 9.47 Å². The monoisotopic (exact) mass is 516 g/mol. The van der Waals surface area contributed by atoms with Crippen LogP contribution in [0.15, 0.2) is 24.4 Å². The molecule has 1 aromatic carbocycles. The van der Waals surface area contributed by atoms with Gasteiger partial charge in [0.2, 0.25) is 0 Å². The lowest BCUT2D eigenvalue weighted by molar-refractivity contribution is -0.0397. The van der Waals surface area contributed by atoms with Crippen molar-refractivity contribution < 1.29 is 33.3 Å². The quantitative estimate of drug-likeness (QED) is 0.468. The number of hydrogen-bond donors (Lipinski definition) is 0. The molecule has 4 rings (SSSR count). The Labute approximate surface area is 217 Å². The number of urea groups is 1. The maximum absolute atomic E-state index is 13.7. The number of carbonyl (C=O) groups is 2. The van der Waals surface area contributed by atoms with Crippen LogP contribution in [0.4, 0.5) is 4.79 Å². The van der Waals surface area contributed by atoms with E-state index in [1.54, 1.807) is 47.9 Å². The second kappa shape index (κ2) is 12.8. The highest BCUT2D eigenvalue weighted by molar-refractivity contribution is 5.89. The van der Waals surface area contributed by atoms with E-state index in [4.69, 9.17) is 23.7 Å². The predicted octanol–water partition coefficient (Wildman–Crippen LogP) is 3.23. The van der Waals surface area contributed by atoms with Gasteiger partial charge in [-0.25, -0.2) is 14.3 Å². The fraction of sp³-hybridized carbons (Fsp3) is 0.577. The number of ether oxygens (including phenoxy) is 5. The number of benzene rings is 1. The van der Waals surface area contributed by atoms with Crippen molar-refractivity contribution in [2.75, 3.05) is 53.7 Å². The molecule has 202 valence electrons. The zero-order chi connectivity index (χ0) is 26.2. The van der Waals surface area contributed by atoms with Crippen LogP contribution in [-0.4, -0.2) is 85.3 Å². The molecule has 11 nitrogen and oxygen atoms in total. The summed E-state index contributed by atoms with van der Waals surface area (Å²) >= 11 is 0. The lowest BCUT2D eigenvalue weighted by Crippen LogP contribution is -2.47. The summed E-state index contributed by atoms with van der Waals surface area (Å²) < 4.78 is 29.2. The molecule has 2 saturated heterocycles. The standard InChI is InChI=1S/C26H36N4O7/c1-4-36-25(31)24-20(18-30(27-24)23-7-5-6-12-37-23)17-29(26(32)28-10-13-35-14-11-28)16-19-8-9-21(33-2)15-22(19)34-3/h8-9,15,18,23H,4-7,10-14,16-17H2,1-3H3. The van der Waals surface area contributed by atoms with Crippen molar-refractivity contribution in [3.8, 4) is 11.5 Å². The number of carbonyl (C=O) groups excluding carboxylic acids is 2. The Morgan fingerprint density at radius 3 is 2.54 bits per heavy atom. The number of hydrogen-bond acceptors (Lipinski definition) is 8. The van der Waals surface area contributed by atoms with E-state index in [-0.39, 0.29) is 37.6 Å². The minimum Gasteiger partial charge on any atom is -0.497 e. The second-order valence-electron chi connectivity index (χ2n) is 8.94. The summed E-state index contributed by atoms with van der Waals surface area (Å²) in [6, 6.07) is 5.34. The number of aromatic nitrogens is 2. The summed E-state index contributed by atoms with van der Waals surface area (Å²) in [5.74, 6) is 0.744. The molecule has 2 fully saturated rings. The average molecular weight is 517 g/mol. The smallest absolute Gasteiger partial charge is 0.359 e. The third kappa shape index (κ3) is 6.53. The molecule has 2 aromatic rings. The summed E-state index contributed by atoms with van der Waals surface area (Å²) in [4.78, 5) is 30.0. The number of methoxy groups -OCH3 is 2. The van der Waals surface area contributed by atoms with Gasteiger partial charge in [-0.05, 0) is 38.3 Å². The third-order valence-corrected chi connectivity index (χ3v) is 6.50. The van der Waals surface area contributed by atoms with E-state index in [1.807, 2.05) is 12.1 Å². The van der Waals surface area contributed by atoms with Gasteiger partial charge in [0.25, 0.3) is 0 Å². The maximum atomic E-state index is 13.7. The minimum atomic E-state index is -0.521. The molecule has 0 bridgehead atoms. The van der Waals surface area contributed by atoms with E-state index in [1.165, 1.54) is 0 Å². The highest BCUT2D eigenvalue weighted by atomic mass is 16.5. The average Bonchev–Trinajstić information content (AvgIpc) is 3.37. The number of esters is 1. The molecule has 0 N–H and O–H groups in total. The summed E-state index contributed by atoms with van der Waals surface area (Å²) in [6.07, 6.45) is 4.38. The van der Waals surface area contributed by atoms with Crippen molar-refractivity contribution in [1.29, 1.82) is 0 Å². The Morgan fingerprint density at radius 2 is 1.86 bits per heavy atom. The van der Waals surface area contributed by atoms with E-state index in [9.17, 15) is 9.59 Å². The van der Waals surface area contributed by atoms with Crippen molar-refractivity contribution in [2.24, 2.45) is 0 Å². The summed E-state index contributed by atoms with van der Waals surface area (Å²) in [7, 11) is 3.17. The Balaban J connectivity index is 1.66.